The summed E-state index contributed by atoms with van der Waals surface area (Å²) >= 11 is 0. The Morgan fingerprint density at radius 3 is 2.43 bits per heavy atom. The number of anilines is 1. The van der Waals surface area contributed by atoms with Gasteiger partial charge in [0.15, 0.2) is 0 Å². The monoisotopic (exact) mass is 427 g/mol. The van der Waals surface area contributed by atoms with E-state index in [0.717, 1.165) is 42.6 Å². The predicted octanol–water partition coefficient (Wildman–Crippen LogP) is 3.26. The standard InChI is InChI=1S/C23H29N3O3S/c1-18-10-11-20(30(28,29)26-12-6-3-7-13-26)16-21(18)23(27)25-15-14-24(2)22-9-5-4-8-19(22)17-25/h4-5,8-11,16H,3,6-7,12-15,17H2,1-2H3. The highest BCUT2D eigenvalue weighted by Crippen LogP contribution is 2.27. The molecule has 160 valence electrons. The average molecular weight is 428 g/mol. The van der Waals surface area contributed by atoms with Crippen molar-refractivity contribution in [1.29, 1.82) is 0 Å². The Labute approximate surface area is 179 Å². The molecule has 2 aliphatic heterocycles. The van der Waals surface area contributed by atoms with Gasteiger partial charge in [0.2, 0.25) is 10.0 Å². The van der Waals surface area contributed by atoms with Crippen molar-refractivity contribution in [2.75, 3.05) is 38.1 Å². The van der Waals surface area contributed by atoms with Gasteiger partial charge in [-0.2, -0.15) is 4.31 Å². The molecule has 0 aromatic heterocycles. The largest absolute Gasteiger partial charge is 0.373 e. The van der Waals surface area contributed by atoms with Crippen LogP contribution in [0.25, 0.3) is 0 Å². The molecule has 0 radical (unpaired) electrons. The van der Waals surface area contributed by atoms with Gasteiger partial charge in [0.05, 0.1) is 4.90 Å². The number of fused-ring (bicyclic) bond motifs is 1. The number of aryl methyl sites for hydroxylation is 1. The second-order valence-corrected chi connectivity index (χ2v) is 10.2. The second kappa shape index (κ2) is 8.40. The third-order valence-corrected chi connectivity index (χ3v) is 8.04. The number of piperidine rings is 1. The van der Waals surface area contributed by atoms with Crippen molar-refractivity contribution in [2.24, 2.45) is 0 Å². The van der Waals surface area contributed by atoms with Gasteiger partial charge in [-0.3, -0.25) is 4.79 Å². The van der Waals surface area contributed by atoms with E-state index in [-0.39, 0.29) is 10.8 Å². The fraction of sp³-hybridized carbons (Fsp3) is 0.435. The molecule has 6 nitrogen and oxygen atoms in total. The van der Waals surface area contributed by atoms with E-state index in [0.29, 0.717) is 31.7 Å². The van der Waals surface area contributed by atoms with E-state index in [4.69, 9.17) is 0 Å². The summed E-state index contributed by atoms with van der Waals surface area (Å²) in [6, 6.07) is 13.1. The molecule has 30 heavy (non-hydrogen) atoms. The third-order valence-electron chi connectivity index (χ3n) is 6.15. The lowest BCUT2D eigenvalue weighted by Crippen LogP contribution is -2.36. The SMILES string of the molecule is Cc1ccc(S(=O)(=O)N2CCCCC2)cc1C(=O)N1CCN(C)c2ccccc2C1. The van der Waals surface area contributed by atoms with Crippen LogP contribution in [-0.2, 0) is 16.6 Å². The number of carbonyl (C=O) groups is 1. The number of para-hydroxylation sites is 1. The molecule has 0 N–H and O–H groups in total. The number of carbonyl (C=O) groups excluding carboxylic acids is 1. The Bertz CT molecular complexity index is 1050. The number of benzene rings is 2. The number of hydrogen-bond donors (Lipinski definition) is 0. The first-order valence-corrected chi connectivity index (χ1v) is 12.0. The summed E-state index contributed by atoms with van der Waals surface area (Å²) < 4.78 is 27.8. The Hall–Kier alpha value is -2.38. The molecule has 1 fully saturated rings. The first-order valence-electron chi connectivity index (χ1n) is 10.6. The van der Waals surface area contributed by atoms with E-state index in [1.807, 2.05) is 37.1 Å². The number of rotatable bonds is 3. The topological polar surface area (TPSA) is 60.9 Å². The van der Waals surface area contributed by atoms with Crippen LogP contribution in [0.2, 0.25) is 0 Å². The minimum Gasteiger partial charge on any atom is -0.373 e. The Balaban J connectivity index is 1.64. The number of sulfonamides is 1. The molecule has 0 bridgehead atoms. The van der Waals surface area contributed by atoms with Crippen LogP contribution >= 0.6 is 0 Å². The van der Waals surface area contributed by atoms with Gasteiger partial charge in [-0.05, 0) is 49.1 Å². The van der Waals surface area contributed by atoms with Crippen molar-refractivity contribution < 1.29 is 13.2 Å². The molecular formula is C23H29N3O3S. The van der Waals surface area contributed by atoms with Gasteiger partial charge in [-0.1, -0.05) is 30.7 Å². The van der Waals surface area contributed by atoms with Crippen molar-refractivity contribution in [3.05, 3.63) is 59.2 Å². The maximum Gasteiger partial charge on any atom is 0.254 e. The van der Waals surface area contributed by atoms with Crippen molar-refractivity contribution in [1.82, 2.24) is 9.21 Å². The summed E-state index contributed by atoms with van der Waals surface area (Å²) in [5.74, 6) is -0.117. The molecule has 2 aliphatic rings. The molecule has 2 aromatic carbocycles. The van der Waals surface area contributed by atoms with E-state index in [2.05, 4.69) is 11.0 Å². The maximum absolute atomic E-state index is 13.4. The molecule has 0 unspecified atom stereocenters. The van der Waals surface area contributed by atoms with E-state index >= 15 is 0 Å². The maximum atomic E-state index is 13.4. The molecule has 1 amide bonds. The first kappa shape index (κ1) is 20.9. The van der Waals surface area contributed by atoms with E-state index in [1.54, 1.807) is 22.5 Å². The van der Waals surface area contributed by atoms with E-state index in [1.165, 1.54) is 0 Å². The molecule has 1 saturated heterocycles. The van der Waals surface area contributed by atoms with Crippen LogP contribution in [0.3, 0.4) is 0 Å². The molecule has 0 atom stereocenters. The zero-order chi connectivity index (χ0) is 21.3. The van der Waals surface area contributed by atoms with Crippen molar-refractivity contribution >= 4 is 21.6 Å². The van der Waals surface area contributed by atoms with E-state index in [9.17, 15) is 13.2 Å². The summed E-state index contributed by atoms with van der Waals surface area (Å²) in [4.78, 5) is 17.6. The van der Waals surface area contributed by atoms with Gasteiger partial charge < -0.3 is 9.80 Å². The molecule has 4 rings (SSSR count). The number of nitrogens with zero attached hydrogens (tertiary/aromatic N) is 3. The highest BCUT2D eigenvalue weighted by atomic mass is 32.2. The second-order valence-electron chi connectivity index (χ2n) is 8.22. The Morgan fingerprint density at radius 1 is 0.933 bits per heavy atom. The zero-order valence-electron chi connectivity index (χ0n) is 17.7. The van der Waals surface area contributed by atoms with Gasteiger partial charge >= 0.3 is 0 Å². The lowest BCUT2D eigenvalue weighted by molar-refractivity contribution is 0.0750. The van der Waals surface area contributed by atoms with Crippen LogP contribution in [0.4, 0.5) is 5.69 Å². The Morgan fingerprint density at radius 2 is 1.67 bits per heavy atom. The van der Waals surface area contributed by atoms with Gasteiger partial charge in [0.1, 0.15) is 0 Å². The Kier molecular flexibility index (Phi) is 5.84. The average Bonchev–Trinajstić information content (AvgIpc) is 2.93. The molecule has 2 heterocycles. The summed E-state index contributed by atoms with van der Waals surface area (Å²) in [6.07, 6.45) is 2.84. The minimum absolute atomic E-state index is 0.117. The normalized spacial score (nSPS) is 18.1. The quantitative estimate of drug-likeness (QED) is 0.754. The fourth-order valence-electron chi connectivity index (χ4n) is 4.28. The molecule has 0 saturated carbocycles. The van der Waals surface area contributed by atoms with Gasteiger partial charge in [0, 0.05) is 51.0 Å². The number of hydrogen-bond acceptors (Lipinski definition) is 4. The molecule has 0 spiro atoms. The fourth-order valence-corrected chi connectivity index (χ4v) is 5.83. The van der Waals surface area contributed by atoms with Gasteiger partial charge in [-0.25, -0.2) is 8.42 Å². The van der Waals surface area contributed by atoms with Gasteiger partial charge in [-0.15, -0.1) is 0 Å². The minimum atomic E-state index is -3.58. The zero-order valence-corrected chi connectivity index (χ0v) is 18.5. The number of amides is 1. The van der Waals surface area contributed by atoms with Crippen LogP contribution in [0.5, 0.6) is 0 Å². The molecule has 7 heteroatoms. The highest BCUT2D eigenvalue weighted by Gasteiger charge is 2.28. The van der Waals surface area contributed by atoms with Crippen molar-refractivity contribution in [3.8, 4) is 0 Å². The lowest BCUT2D eigenvalue weighted by atomic mass is 10.1. The summed E-state index contributed by atoms with van der Waals surface area (Å²) in [6.45, 7) is 4.80. The molecule has 0 aliphatic carbocycles. The van der Waals surface area contributed by atoms with E-state index < -0.39 is 10.0 Å². The van der Waals surface area contributed by atoms with Crippen LogP contribution in [0.1, 0.15) is 40.7 Å². The van der Waals surface area contributed by atoms with Crippen LogP contribution in [0, 0.1) is 6.92 Å². The summed E-state index contributed by atoms with van der Waals surface area (Å²) in [5, 5.41) is 0. The van der Waals surface area contributed by atoms with Crippen molar-refractivity contribution in [2.45, 2.75) is 37.6 Å². The molecule has 2 aromatic rings. The molecular weight excluding hydrogens is 398 g/mol. The third kappa shape index (κ3) is 3.96. The summed E-state index contributed by atoms with van der Waals surface area (Å²) in [5.41, 5.74) is 3.49. The van der Waals surface area contributed by atoms with Crippen LogP contribution in [-0.4, -0.2) is 56.8 Å². The summed E-state index contributed by atoms with van der Waals surface area (Å²) in [7, 11) is -1.54. The van der Waals surface area contributed by atoms with Crippen LogP contribution in [0.15, 0.2) is 47.4 Å². The first-order chi connectivity index (χ1) is 14.4. The predicted molar refractivity (Wildman–Crippen MR) is 118 cm³/mol. The lowest BCUT2D eigenvalue weighted by Gasteiger charge is -2.26. The highest BCUT2D eigenvalue weighted by molar-refractivity contribution is 7.89. The smallest absolute Gasteiger partial charge is 0.254 e. The van der Waals surface area contributed by atoms with Gasteiger partial charge in [0.25, 0.3) is 5.91 Å². The van der Waals surface area contributed by atoms with Crippen molar-refractivity contribution in [3.63, 3.8) is 0 Å². The van der Waals surface area contributed by atoms with Crippen LogP contribution < -0.4 is 4.90 Å². The number of likely N-dealkylation sites (N-methyl/N-ethyl adjacent to an activating group) is 1.